The third-order valence-corrected chi connectivity index (χ3v) is 4.34. The Hall–Kier alpha value is -3.80. The summed E-state index contributed by atoms with van der Waals surface area (Å²) in [6.45, 7) is -0.0850. The summed E-state index contributed by atoms with van der Waals surface area (Å²) in [6.07, 6.45) is 0. The minimum absolute atomic E-state index is 0.0850. The highest BCUT2D eigenvalue weighted by molar-refractivity contribution is 6.06. The number of hydrogen-bond acceptors (Lipinski definition) is 4. The van der Waals surface area contributed by atoms with Crippen molar-refractivity contribution in [3.8, 4) is 11.5 Å². The van der Waals surface area contributed by atoms with E-state index in [1.54, 1.807) is 60.5 Å². The Morgan fingerprint density at radius 1 is 0.897 bits per heavy atom. The molecule has 0 saturated heterocycles. The number of anilines is 2. The van der Waals surface area contributed by atoms with E-state index in [-0.39, 0.29) is 18.4 Å². The van der Waals surface area contributed by atoms with Crippen LogP contribution >= 0.6 is 0 Å². The molecule has 0 unspecified atom stereocenters. The van der Waals surface area contributed by atoms with Crippen LogP contribution in [0.4, 0.5) is 11.4 Å². The van der Waals surface area contributed by atoms with Gasteiger partial charge in [0.25, 0.3) is 11.8 Å². The van der Waals surface area contributed by atoms with Gasteiger partial charge in [0.05, 0.1) is 12.7 Å². The van der Waals surface area contributed by atoms with Gasteiger partial charge in [0.1, 0.15) is 11.5 Å². The maximum Gasteiger partial charge on any atom is 0.264 e. The summed E-state index contributed by atoms with van der Waals surface area (Å²) in [5.74, 6) is 0.613. The Morgan fingerprint density at radius 2 is 1.55 bits per heavy atom. The molecule has 29 heavy (non-hydrogen) atoms. The maximum atomic E-state index is 12.4. The van der Waals surface area contributed by atoms with E-state index in [4.69, 9.17) is 9.47 Å². The highest BCUT2D eigenvalue weighted by Crippen LogP contribution is 2.21. The van der Waals surface area contributed by atoms with Crippen LogP contribution in [-0.2, 0) is 4.79 Å². The topological polar surface area (TPSA) is 67.9 Å². The number of carbonyl (C=O) groups excluding carboxylic acids is 2. The van der Waals surface area contributed by atoms with Crippen LogP contribution in [0.2, 0.25) is 0 Å². The first-order chi connectivity index (χ1) is 14.1. The standard InChI is InChI=1S/C23H22N2O4/c1-25(18-8-4-3-5-9-18)22(26)16-29-19-14-12-17(13-15-19)24-23(27)20-10-6-7-11-21(20)28-2/h3-15H,16H2,1-2H3,(H,24,27). The largest absolute Gasteiger partial charge is 0.496 e. The molecule has 0 spiro atoms. The lowest BCUT2D eigenvalue weighted by atomic mass is 10.2. The van der Waals surface area contributed by atoms with Gasteiger partial charge in [-0.1, -0.05) is 30.3 Å². The molecule has 0 aliphatic rings. The van der Waals surface area contributed by atoms with Crippen LogP contribution in [0.1, 0.15) is 10.4 Å². The second-order valence-corrected chi connectivity index (χ2v) is 6.26. The predicted octanol–water partition coefficient (Wildman–Crippen LogP) is 3.99. The number of methoxy groups -OCH3 is 1. The number of hydrogen-bond donors (Lipinski definition) is 1. The number of nitrogens with zero attached hydrogens (tertiary/aromatic N) is 1. The van der Waals surface area contributed by atoms with Crippen LogP contribution in [-0.4, -0.2) is 32.6 Å². The van der Waals surface area contributed by atoms with Gasteiger partial charge in [-0.2, -0.15) is 0 Å². The highest BCUT2D eigenvalue weighted by atomic mass is 16.5. The number of para-hydroxylation sites is 2. The number of likely N-dealkylation sites (N-methyl/N-ethyl adjacent to an activating group) is 1. The molecule has 0 heterocycles. The Kier molecular flexibility index (Phi) is 6.47. The van der Waals surface area contributed by atoms with E-state index in [2.05, 4.69) is 5.32 Å². The van der Waals surface area contributed by atoms with Crippen LogP contribution in [0.25, 0.3) is 0 Å². The van der Waals surface area contributed by atoms with E-state index in [1.165, 1.54) is 7.11 Å². The molecule has 0 saturated carbocycles. The minimum Gasteiger partial charge on any atom is -0.496 e. The van der Waals surface area contributed by atoms with Gasteiger partial charge < -0.3 is 19.7 Å². The molecule has 0 aliphatic heterocycles. The van der Waals surface area contributed by atoms with E-state index >= 15 is 0 Å². The van der Waals surface area contributed by atoms with E-state index in [0.717, 1.165) is 5.69 Å². The summed E-state index contributed by atoms with van der Waals surface area (Å²) >= 11 is 0. The van der Waals surface area contributed by atoms with Crippen LogP contribution in [0.3, 0.4) is 0 Å². The van der Waals surface area contributed by atoms with Gasteiger partial charge in [-0.25, -0.2) is 0 Å². The Morgan fingerprint density at radius 3 is 2.24 bits per heavy atom. The number of amides is 2. The molecule has 1 N–H and O–H groups in total. The van der Waals surface area contributed by atoms with E-state index in [9.17, 15) is 9.59 Å². The zero-order chi connectivity index (χ0) is 20.6. The fourth-order valence-electron chi connectivity index (χ4n) is 2.70. The Balaban J connectivity index is 1.56. The number of ether oxygens (including phenoxy) is 2. The number of benzene rings is 3. The summed E-state index contributed by atoms with van der Waals surface area (Å²) < 4.78 is 10.8. The van der Waals surface area contributed by atoms with E-state index in [0.29, 0.717) is 22.7 Å². The van der Waals surface area contributed by atoms with Gasteiger partial charge in [0, 0.05) is 18.4 Å². The molecule has 2 amide bonds. The van der Waals surface area contributed by atoms with Crippen molar-refractivity contribution in [1.29, 1.82) is 0 Å². The zero-order valence-corrected chi connectivity index (χ0v) is 16.3. The summed E-state index contributed by atoms with van der Waals surface area (Å²) in [6, 6.07) is 23.2. The molecule has 0 aromatic heterocycles. The van der Waals surface area contributed by atoms with Gasteiger partial charge in [0.15, 0.2) is 6.61 Å². The normalized spacial score (nSPS) is 10.1. The van der Waals surface area contributed by atoms with Crippen molar-refractivity contribution >= 4 is 23.2 Å². The SMILES string of the molecule is COc1ccccc1C(=O)Nc1ccc(OCC(=O)N(C)c2ccccc2)cc1. The first kappa shape index (κ1) is 19.9. The lowest BCUT2D eigenvalue weighted by molar-refractivity contribution is -0.120. The first-order valence-electron chi connectivity index (χ1n) is 9.07. The average Bonchev–Trinajstić information content (AvgIpc) is 2.78. The van der Waals surface area contributed by atoms with Gasteiger partial charge in [-0.05, 0) is 48.5 Å². The molecule has 0 bridgehead atoms. The molecule has 0 atom stereocenters. The van der Waals surface area contributed by atoms with E-state index < -0.39 is 0 Å². The van der Waals surface area contributed by atoms with Crippen molar-refractivity contribution in [2.24, 2.45) is 0 Å². The van der Waals surface area contributed by atoms with Crippen LogP contribution in [0.15, 0.2) is 78.9 Å². The lowest BCUT2D eigenvalue weighted by Gasteiger charge is -2.17. The monoisotopic (exact) mass is 390 g/mol. The molecule has 0 aliphatic carbocycles. The maximum absolute atomic E-state index is 12.4. The number of carbonyl (C=O) groups is 2. The third kappa shape index (κ3) is 5.13. The van der Waals surface area contributed by atoms with Crippen molar-refractivity contribution in [2.45, 2.75) is 0 Å². The molecule has 0 fully saturated rings. The molecular formula is C23H22N2O4. The Labute approximate surface area is 169 Å². The number of nitrogens with one attached hydrogen (secondary N) is 1. The molecule has 148 valence electrons. The smallest absolute Gasteiger partial charge is 0.264 e. The summed E-state index contributed by atoms with van der Waals surface area (Å²) in [5, 5.41) is 2.82. The summed E-state index contributed by atoms with van der Waals surface area (Å²) in [7, 11) is 3.23. The minimum atomic E-state index is -0.268. The van der Waals surface area contributed by atoms with Gasteiger partial charge in [-0.3, -0.25) is 9.59 Å². The molecule has 0 radical (unpaired) electrons. The van der Waals surface area contributed by atoms with Crippen molar-refractivity contribution in [2.75, 3.05) is 31.0 Å². The molecule has 3 aromatic rings. The van der Waals surface area contributed by atoms with Crippen molar-refractivity contribution in [3.63, 3.8) is 0 Å². The van der Waals surface area contributed by atoms with E-state index in [1.807, 2.05) is 30.3 Å². The molecule has 6 heteroatoms. The second kappa shape index (κ2) is 9.41. The summed E-state index contributed by atoms with van der Waals surface area (Å²) in [5.41, 5.74) is 1.86. The van der Waals surface area contributed by atoms with Crippen molar-refractivity contribution in [3.05, 3.63) is 84.4 Å². The highest BCUT2D eigenvalue weighted by Gasteiger charge is 2.13. The number of rotatable bonds is 7. The first-order valence-corrected chi connectivity index (χ1v) is 9.07. The van der Waals surface area contributed by atoms with Gasteiger partial charge >= 0.3 is 0 Å². The quantitative estimate of drug-likeness (QED) is 0.662. The molecular weight excluding hydrogens is 368 g/mol. The van der Waals surface area contributed by atoms with Crippen LogP contribution in [0, 0.1) is 0 Å². The van der Waals surface area contributed by atoms with Crippen molar-refractivity contribution < 1.29 is 19.1 Å². The van der Waals surface area contributed by atoms with Crippen molar-refractivity contribution in [1.82, 2.24) is 0 Å². The Bertz CT molecular complexity index is 972. The third-order valence-electron chi connectivity index (χ3n) is 4.34. The fourth-order valence-corrected chi connectivity index (χ4v) is 2.70. The van der Waals surface area contributed by atoms with Gasteiger partial charge in [0.2, 0.25) is 0 Å². The summed E-state index contributed by atoms with van der Waals surface area (Å²) in [4.78, 5) is 26.3. The lowest BCUT2D eigenvalue weighted by Crippen LogP contribution is -2.31. The molecule has 3 aromatic carbocycles. The molecule has 6 nitrogen and oxygen atoms in total. The molecule has 3 rings (SSSR count). The average molecular weight is 390 g/mol. The van der Waals surface area contributed by atoms with Gasteiger partial charge in [-0.15, -0.1) is 0 Å². The predicted molar refractivity (Wildman–Crippen MR) is 113 cm³/mol. The second-order valence-electron chi connectivity index (χ2n) is 6.26. The zero-order valence-electron chi connectivity index (χ0n) is 16.3. The van der Waals surface area contributed by atoms with Crippen LogP contribution in [0.5, 0.6) is 11.5 Å². The van der Waals surface area contributed by atoms with Crippen LogP contribution < -0.4 is 19.7 Å². The fraction of sp³-hybridized carbons (Fsp3) is 0.130.